The molecule has 2 saturated heterocycles. The molecular formula is C19H24N8O. The van der Waals surface area contributed by atoms with Gasteiger partial charge in [0.15, 0.2) is 17.0 Å². The minimum atomic E-state index is -0.122. The molecule has 2 aromatic heterocycles. The van der Waals surface area contributed by atoms with Gasteiger partial charge in [-0.15, -0.1) is 0 Å². The number of aromatic nitrogens is 4. The molecule has 2 atom stereocenters. The van der Waals surface area contributed by atoms with Gasteiger partial charge in [-0.25, -0.2) is 9.97 Å². The highest BCUT2D eigenvalue weighted by Gasteiger charge is 2.38. The standard InChI is InChI=1S/C19H24N8O/c1-19(20)6-9-26(10-7-19)14-11-22-16-17(23-14)24-25-18(16)27-13-3-2-8-21-12(13)4-5-15(27)28/h2-3,8,11-13H,4-7,9-10,20H2,1H3,(H,23,24,25). The lowest BCUT2D eigenvalue weighted by Gasteiger charge is -2.37. The SMILES string of the molecule is CC1(N)CCN(c2cnc3c(N4C(=O)CCC5N=CC=CC54)n[nH]c3n2)CC1. The van der Waals surface area contributed by atoms with Crippen LogP contribution in [-0.2, 0) is 4.79 Å². The summed E-state index contributed by atoms with van der Waals surface area (Å²) >= 11 is 0. The number of anilines is 2. The van der Waals surface area contributed by atoms with Crippen LogP contribution < -0.4 is 15.5 Å². The van der Waals surface area contributed by atoms with E-state index in [1.807, 2.05) is 12.2 Å². The molecule has 0 spiro atoms. The van der Waals surface area contributed by atoms with Gasteiger partial charge in [0.1, 0.15) is 5.82 Å². The van der Waals surface area contributed by atoms with Gasteiger partial charge in [-0.3, -0.25) is 19.8 Å². The lowest BCUT2D eigenvalue weighted by Crippen LogP contribution is -2.51. The highest BCUT2D eigenvalue weighted by molar-refractivity contribution is 6.01. The van der Waals surface area contributed by atoms with E-state index >= 15 is 0 Å². The highest BCUT2D eigenvalue weighted by atomic mass is 16.2. The molecule has 3 aliphatic rings. The monoisotopic (exact) mass is 380 g/mol. The first-order valence-electron chi connectivity index (χ1n) is 9.79. The lowest BCUT2D eigenvalue weighted by atomic mass is 9.91. The van der Waals surface area contributed by atoms with Crippen molar-refractivity contribution in [2.24, 2.45) is 10.7 Å². The van der Waals surface area contributed by atoms with E-state index < -0.39 is 0 Å². The summed E-state index contributed by atoms with van der Waals surface area (Å²) in [7, 11) is 0. The van der Waals surface area contributed by atoms with Crippen LogP contribution in [0.1, 0.15) is 32.6 Å². The third-order valence-electron chi connectivity index (χ3n) is 5.98. The van der Waals surface area contributed by atoms with E-state index in [2.05, 4.69) is 32.0 Å². The van der Waals surface area contributed by atoms with Crippen LogP contribution in [0.25, 0.3) is 11.2 Å². The topological polar surface area (TPSA) is 116 Å². The summed E-state index contributed by atoms with van der Waals surface area (Å²) in [5.41, 5.74) is 7.32. The number of amides is 1. The fraction of sp³-hybridized carbons (Fsp3) is 0.526. The molecule has 146 valence electrons. The fourth-order valence-corrected chi connectivity index (χ4v) is 4.21. The quantitative estimate of drug-likeness (QED) is 0.808. The third kappa shape index (κ3) is 2.86. The molecule has 1 amide bonds. The molecule has 9 heteroatoms. The molecule has 5 rings (SSSR count). The Balaban J connectivity index is 1.46. The number of rotatable bonds is 2. The highest BCUT2D eigenvalue weighted by Crippen LogP contribution is 2.32. The predicted octanol–water partition coefficient (Wildman–Crippen LogP) is 1.18. The smallest absolute Gasteiger partial charge is 0.228 e. The van der Waals surface area contributed by atoms with Crippen molar-refractivity contribution in [3.63, 3.8) is 0 Å². The van der Waals surface area contributed by atoms with Gasteiger partial charge in [-0.1, -0.05) is 6.08 Å². The van der Waals surface area contributed by atoms with Crippen molar-refractivity contribution in [3.05, 3.63) is 18.3 Å². The van der Waals surface area contributed by atoms with E-state index in [0.29, 0.717) is 23.4 Å². The normalized spacial score (nSPS) is 26.7. The number of H-pyrrole nitrogens is 1. The van der Waals surface area contributed by atoms with Crippen molar-refractivity contribution in [2.75, 3.05) is 22.9 Å². The zero-order chi connectivity index (χ0) is 19.3. The van der Waals surface area contributed by atoms with Crippen LogP contribution in [0.5, 0.6) is 0 Å². The van der Waals surface area contributed by atoms with Gasteiger partial charge in [-0.05, 0) is 32.3 Å². The Hall–Kier alpha value is -2.81. The Labute approximate surface area is 162 Å². The van der Waals surface area contributed by atoms with E-state index in [9.17, 15) is 4.79 Å². The predicted molar refractivity (Wildman–Crippen MR) is 108 cm³/mol. The number of nitrogens with one attached hydrogen (secondary N) is 1. The molecule has 3 aliphatic heterocycles. The van der Waals surface area contributed by atoms with Crippen LogP contribution >= 0.6 is 0 Å². The Morgan fingerprint density at radius 3 is 2.96 bits per heavy atom. The molecular weight excluding hydrogens is 356 g/mol. The molecule has 0 bridgehead atoms. The molecule has 28 heavy (non-hydrogen) atoms. The first-order chi connectivity index (χ1) is 13.5. The van der Waals surface area contributed by atoms with E-state index in [1.165, 1.54) is 0 Å². The molecule has 0 radical (unpaired) electrons. The summed E-state index contributed by atoms with van der Waals surface area (Å²) in [5, 5.41) is 7.37. The van der Waals surface area contributed by atoms with E-state index in [0.717, 1.165) is 38.2 Å². The Morgan fingerprint density at radius 1 is 1.32 bits per heavy atom. The van der Waals surface area contributed by atoms with Gasteiger partial charge >= 0.3 is 0 Å². The number of piperidine rings is 2. The number of nitrogens with two attached hydrogens (primary N) is 1. The van der Waals surface area contributed by atoms with Crippen molar-refractivity contribution in [2.45, 2.75) is 50.2 Å². The van der Waals surface area contributed by atoms with E-state index in [1.54, 1.807) is 17.3 Å². The second-order valence-corrected chi connectivity index (χ2v) is 8.16. The number of aromatic amines is 1. The van der Waals surface area contributed by atoms with E-state index in [4.69, 9.17) is 10.7 Å². The summed E-state index contributed by atoms with van der Waals surface area (Å²) in [6, 6.07) is -0.0517. The maximum Gasteiger partial charge on any atom is 0.228 e. The molecule has 0 aromatic carbocycles. The summed E-state index contributed by atoms with van der Waals surface area (Å²) in [6.45, 7) is 3.80. The van der Waals surface area contributed by atoms with Crippen molar-refractivity contribution in [1.29, 1.82) is 0 Å². The Kier molecular flexibility index (Phi) is 3.94. The van der Waals surface area contributed by atoms with Crippen LogP contribution in [-0.4, -0.2) is 63.0 Å². The molecule has 0 aliphatic carbocycles. The van der Waals surface area contributed by atoms with Gasteiger partial charge in [-0.2, -0.15) is 5.10 Å². The van der Waals surface area contributed by atoms with Gasteiger partial charge in [0.25, 0.3) is 0 Å². The number of nitrogens with zero attached hydrogens (tertiary/aromatic N) is 6. The number of carbonyl (C=O) groups is 1. The fourth-order valence-electron chi connectivity index (χ4n) is 4.21. The number of carbonyl (C=O) groups excluding carboxylic acids is 1. The van der Waals surface area contributed by atoms with Gasteiger partial charge in [0.05, 0.1) is 18.3 Å². The first kappa shape index (κ1) is 17.3. The van der Waals surface area contributed by atoms with Crippen molar-refractivity contribution < 1.29 is 4.79 Å². The van der Waals surface area contributed by atoms with Crippen molar-refractivity contribution in [3.8, 4) is 0 Å². The van der Waals surface area contributed by atoms with Crippen LogP contribution in [0.4, 0.5) is 11.6 Å². The number of aliphatic imine (C=N–C) groups is 1. The molecule has 9 nitrogen and oxygen atoms in total. The number of fused-ring (bicyclic) bond motifs is 2. The zero-order valence-electron chi connectivity index (χ0n) is 15.9. The third-order valence-corrected chi connectivity index (χ3v) is 5.98. The number of allylic oxidation sites excluding steroid dienone is 1. The van der Waals surface area contributed by atoms with Crippen molar-refractivity contribution >= 4 is 34.9 Å². The van der Waals surface area contributed by atoms with Gasteiger partial charge in [0, 0.05) is 31.3 Å². The Bertz CT molecular complexity index is 967. The molecule has 0 saturated carbocycles. The number of dihydropyridines is 1. The second-order valence-electron chi connectivity index (χ2n) is 8.16. The minimum Gasteiger partial charge on any atom is -0.355 e. The first-order valence-corrected chi connectivity index (χ1v) is 9.79. The summed E-state index contributed by atoms with van der Waals surface area (Å²) in [6.07, 6.45) is 10.5. The average molecular weight is 380 g/mol. The molecule has 5 heterocycles. The number of hydrogen-bond donors (Lipinski definition) is 2. The van der Waals surface area contributed by atoms with Crippen molar-refractivity contribution in [1.82, 2.24) is 20.2 Å². The minimum absolute atomic E-state index is 0.0422. The van der Waals surface area contributed by atoms with Crippen LogP contribution in [0, 0.1) is 0 Å². The summed E-state index contributed by atoms with van der Waals surface area (Å²) < 4.78 is 0. The van der Waals surface area contributed by atoms with Crippen LogP contribution in [0.2, 0.25) is 0 Å². The molecule has 2 unspecified atom stereocenters. The molecule has 2 aromatic rings. The Morgan fingerprint density at radius 2 is 2.14 bits per heavy atom. The van der Waals surface area contributed by atoms with E-state index in [-0.39, 0.29) is 23.5 Å². The summed E-state index contributed by atoms with van der Waals surface area (Å²) in [4.78, 5) is 30.4. The average Bonchev–Trinajstić information content (AvgIpc) is 3.11. The second kappa shape index (κ2) is 6.37. The molecule has 2 fully saturated rings. The van der Waals surface area contributed by atoms with Gasteiger partial charge in [0.2, 0.25) is 5.91 Å². The van der Waals surface area contributed by atoms with Crippen LogP contribution in [0.3, 0.4) is 0 Å². The van der Waals surface area contributed by atoms with Crippen LogP contribution in [0.15, 0.2) is 23.3 Å². The maximum atomic E-state index is 12.7. The number of hydrogen-bond acceptors (Lipinski definition) is 7. The maximum absolute atomic E-state index is 12.7. The van der Waals surface area contributed by atoms with Gasteiger partial charge < -0.3 is 10.6 Å². The zero-order valence-corrected chi connectivity index (χ0v) is 15.9. The largest absolute Gasteiger partial charge is 0.355 e. The lowest BCUT2D eigenvalue weighted by molar-refractivity contribution is -0.120. The summed E-state index contributed by atoms with van der Waals surface area (Å²) in [5.74, 6) is 1.38. The molecule has 3 N–H and O–H groups in total.